The van der Waals surface area contributed by atoms with E-state index in [4.69, 9.17) is 19.2 Å². The average molecular weight is 1380 g/mol. The predicted molar refractivity (Wildman–Crippen MR) is 444 cm³/mol. The van der Waals surface area contributed by atoms with Crippen LogP contribution in [-0.4, -0.2) is 29.4 Å². The molecule has 0 aliphatic carbocycles. The van der Waals surface area contributed by atoms with E-state index >= 15 is 0 Å². The molecule has 0 saturated carbocycles. The second-order valence-corrected chi connectivity index (χ2v) is 31.8. The van der Waals surface area contributed by atoms with Gasteiger partial charge in [-0.25, -0.2) is 4.98 Å². The van der Waals surface area contributed by atoms with Gasteiger partial charge in [-0.3, -0.25) is 0 Å². The standard InChI is InChI=1S/C97H136N2O3/c1-11-17-23-29-33-41-52-75(51-39-27-21-15-5)73-99-94-87-70-81(96(7,8)79-56-43-37-44-57-79)63-65-84(87)83-64-61-78(85-71-91(101-68-50-36-32-26-20-14-4)88(97(9,10)80-58-45-38-46-59-80)72-90(85)100-67-49-35-31-25-19-13-3)69-86(83)93(94)98-95(99)92-82-60-48-47-55-77(82)62-66-89(92)102-74-76(53-40-28-22-16-6)54-42-34-30-24-18-12-2/h37-38,43-48,55-66,69-72,75-76H,11-36,39-42,49-54,67-68,73-74H2,1-10H3. The number of benzene rings is 8. The van der Waals surface area contributed by atoms with Gasteiger partial charge in [-0.2, -0.15) is 0 Å². The number of ether oxygens (including phenoxy) is 3. The van der Waals surface area contributed by atoms with E-state index < -0.39 is 0 Å². The lowest BCUT2D eigenvalue weighted by Crippen LogP contribution is -2.21. The monoisotopic (exact) mass is 1380 g/mol. The lowest BCUT2D eigenvalue weighted by atomic mass is 9.77. The molecule has 0 spiro atoms. The normalized spacial score (nSPS) is 12.7. The fraction of sp³-hybridized carbons (Fsp3) is 0.557. The lowest BCUT2D eigenvalue weighted by molar-refractivity contribution is 0.225. The van der Waals surface area contributed by atoms with Crippen molar-refractivity contribution in [1.29, 1.82) is 0 Å². The molecule has 8 aromatic carbocycles. The first-order valence-electron chi connectivity index (χ1n) is 42.1. The number of aromatic nitrogens is 2. The molecule has 1 heterocycles. The van der Waals surface area contributed by atoms with Crippen LogP contribution in [0.3, 0.4) is 0 Å². The number of unbranched alkanes of at least 4 members (excludes halogenated alkanes) is 26. The van der Waals surface area contributed by atoms with E-state index in [1.165, 1.54) is 266 Å². The number of hydrogen-bond donors (Lipinski definition) is 0. The molecule has 9 rings (SSSR count). The minimum Gasteiger partial charge on any atom is -0.493 e. The fourth-order valence-corrected chi connectivity index (χ4v) is 16.3. The van der Waals surface area contributed by atoms with Crippen LogP contribution in [0.2, 0.25) is 0 Å². The van der Waals surface area contributed by atoms with Crippen LogP contribution in [0.15, 0.2) is 146 Å². The van der Waals surface area contributed by atoms with Gasteiger partial charge in [-0.1, -0.05) is 377 Å². The summed E-state index contributed by atoms with van der Waals surface area (Å²) in [4.78, 5) is 6.35. The van der Waals surface area contributed by atoms with E-state index in [9.17, 15) is 0 Å². The third-order valence-corrected chi connectivity index (χ3v) is 23.0. The molecule has 552 valence electrons. The van der Waals surface area contributed by atoms with Crippen LogP contribution in [0.1, 0.15) is 323 Å². The Morgan fingerprint density at radius 3 is 1.39 bits per heavy atom. The topological polar surface area (TPSA) is 45.5 Å². The number of imidazole rings is 1. The molecule has 0 amide bonds. The maximum Gasteiger partial charge on any atom is 0.145 e. The molecule has 5 nitrogen and oxygen atoms in total. The molecular formula is C97H136N2O3. The van der Waals surface area contributed by atoms with Crippen molar-refractivity contribution in [2.75, 3.05) is 19.8 Å². The Bertz CT molecular complexity index is 3870. The molecule has 2 atom stereocenters. The van der Waals surface area contributed by atoms with Gasteiger partial charge in [0.25, 0.3) is 0 Å². The van der Waals surface area contributed by atoms with Crippen molar-refractivity contribution in [3.63, 3.8) is 0 Å². The molecule has 0 fully saturated rings. The van der Waals surface area contributed by atoms with Crippen LogP contribution in [0.4, 0.5) is 0 Å². The second kappa shape index (κ2) is 42.4. The van der Waals surface area contributed by atoms with E-state index in [1.807, 2.05) is 0 Å². The SMILES string of the molecule is CCCCCCCCOc1cc(C(C)(C)c2ccccc2)c(OCCCCCCCC)cc1-c1ccc2c3ccc(C(C)(C)c4ccccc4)cc3c3c(nc(-c4c(OCC(CCCCCC)CCCCCCCC)ccc5ccccc45)n3CC(CCCCCC)CCCCCCCC)c2c1. The van der Waals surface area contributed by atoms with Gasteiger partial charge in [0, 0.05) is 39.3 Å². The van der Waals surface area contributed by atoms with Crippen molar-refractivity contribution in [1.82, 2.24) is 9.55 Å². The van der Waals surface area contributed by atoms with Crippen molar-refractivity contribution in [2.45, 2.75) is 318 Å². The van der Waals surface area contributed by atoms with E-state index in [-0.39, 0.29) is 10.8 Å². The molecule has 5 heteroatoms. The smallest absolute Gasteiger partial charge is 0.145 e. The minimum absolute atomic E-state index is 0.269. The van der Waals surface area contributed by atoms with Crippen molar-refractivity contribution in [3.05, 3.63) is 168 Å². The minimum atomic E-state index is -0.364. The van der Waals surface area contributed by atoms with Crippen LogP contribution in [0.25, 0.3) is 65.9 Å². The van der Waals surface area contributed by atoms with Gasteiger partial charge in [-0.05, 0) is 124 Å². The van der Waals surface area contributed by atoms with Gasteiger partial charge in [-0.15, -0.1) is 0 Å². The first-order chi connectivity index (χ1) is 50.0. The first-order valence-corrected chi connectivity index (χ1v) is 42.1. The maximum absolute atomic E-state index is 7.57. The summed E-state index contributed by atoms with van der Waals surface area (Å²) >= 11 is 0. The zero-order valence-electron chi connectivity index (χ0n) is 65.9. The fourth-order valence-electron chi connectivity index (χ4n) is 16.3. The van der Waals surface area contributed by atoms with Crippen LogP contribution >= 0.6 is 0 Å². The molecule has 0 bridgehead atoms. The predicted octanol–water partition coefficient (Wildman–Crippen LogP) is 30.0. The van der Waals surface area contributed by atoms with Gasteiger partial charge in [0.05, 0.1) is 36.4 Å². The summed E-state index contributed by atoms with van der Waals surface area (Å²) in [5.74, 6) is 4.81. The summed E-state index contributed by atoms with van der Waals surface area (Å²) < 4.78 is 24.8. The van der Waals surface area contributed by atoms with E-state index in [0.717, 1.165) is 76.7 Å². The third-order valence-electron chi connectivity index (χ3n) is 23.0. The number of fused-ring (bicyclic) bond motifs is 7. The average Bonchev–Trinajstić information content (AvgIpc) is 1.51. The Morgan fingerprint density at radius 1 is 0.353 bits per heavy atom. The Labute approximate surface area is 620 Å². The van der Waals surface area contributed by atoms with Gasteiger partial charge in [0.1, 0.15) is 23.1 Å². The molecule has 0 aliphatic heterocycles. The van der Waals surface area contributed by atoms with Gasteiger partial charge >= 0.3 is 0 Å². The Balaban J connectivity index is 1.32. The number of hydrogen-bond acceptors (Lipinski definition) is 4. The van der Waals surface area contributed by atoms with Crippen molar-refractivity contribution < 1.29 is 14.2 Å². The van der Waals surface area contributed by atoms with E-state index in [2.05, 4.69) is 219 Å². The molecule has 0 saturated heterocycles. The van der Waals surface area contributed by atoms with E-state index in [0.29, 0.717) is 31.7 Å². The largest absolute Gasteiger partial charge is 0.493 e. The molecule has 1 aromatic heterocycles. The van der Waals surface area contributed by atoms with Gasteiger partial charge < -0.3 is 18.8 Å². The lowest BCUT2D eigenvalue weighted by Gasteiger charge is -2.30. The zero-order valence-corrected chi connectivity index (χ0v) is 65.9. The molecular weight excluding hydrogens is 1240 g/mol. The molecule has 102 heavy (non-hydrogen) atoms. The molecule has 0 N–H and O–H groups in total. The maximum atomic E-state index is 7.57. The zero-order chi connectivity index (χ0) is 71.8. The van der Waals surface area contributed by atoms with Crippen LogP contribution < -0.4 is 14.2 Å². The van der Waals surface area contributed by atoms with Crippen molar-refractivity contribution in [3.8, 4) is 39.8 Å². The summed E-state index contributed by atoms with van der Waals surface area (Å²) in [6.45, 7) is 26.5. The van der Waals surface area contributed by atoms with Crippen LogP contribution in [-0.2, 0) is 17.4 Å². The van der Waals surface area contributed by atoms with Crippen molar-refractivity contribution >= 4 is 43.4 Å². The van der Waals surface area contributed by atoms with Gasteiger partial charge in [0.15, 0.2) is 0 Å². The second-order valence-electron chi connectivity index (χ2n) is 31.8. The highest BCUT2D eigenvalue weighted by Gasteiger charge is 2.32. The Hall–Kier alpha value is -6.59. The third kappa shape index (κ3) is 22.0. The highest BCUT2D eigenvalue weighted by atomic mass is 16.5. The Morgan fingerprint density at radius 2 is 0.824 bits per heavy atom. The van der Waals surface area contributed by atoms with Crippen LogP contribution in [0, 0.1) is 11.8 Å². The van der Waals surface area contributed by atoms with Crippen LogP contribution in [0.5, 0.6) is 17.2 Å². The molecule has 9 aromatic rings. The molecule has 2 unspecified atom stereocenters. The van der Waals surface area contributed by atoms with Crippen molar-refractivity contribution in [2.24, 2.45) is 11.8 Å². The quantitative estimate of drug-likeness (QED) is 0.0282. The summed E-state index contributed by atoms with van der Waals surface area (Å²) in [7, 11) is 0. The summed E-state index contributed by atoms with van der Waals surface area (Å²) in [5.41, 5.74) is 10.0. The van der Waals surface area contributed by atoms with E-state index in [1.54, 1.807) is 0 Å². The number of rotatable bonds is 51. The first kappa shape index (κ1) is 79.5. The Kier molecular flexibility index (Phi) is 33.0. The summed E-state index contributed by atoms with van der Waals surface area (Å²) in [6, 6.07) is 55.5. The number of nitrogens with zero attached hydrogens (tertiary/aromatic N) is 2. The summed E-state index contributed by atoms with van der Waals surface area (Å²) in [5, 5.41) is 7.34. The van der Waals surface area contributed by atoms with Gasteiger partial charge in [0.2, 0.25) is 0 Å². The molecule has 0 radical (unpaired) electrons. The highest BCUT2D eigenvalue weighted by molar-refractivity contribution is 6.25. The summed E-state index contributed by atoms with van der Waals surface area (Å²) in [6.07, 6.45) is 45.1. The molecule has 0 aliphatic rings. The highest BCUT2D eigenvalue weighted by Crippen LogP contribution is 2.49.